The second-order valence-corrected chi connectivity index (χ2v) is 7.49. The van der Waals surface area contributed by atoms with E-state index >= 15 is 0 Å². The van der Waals surface area contributed by atoms with Crippen molar-refractivity contribution < 1.29 is 0 Å². The van der Waals surface area contributed by atoms with Gasteiger partial charge < -0.3 is 0 Å². The van der Waals surface area contributed by atoms with Gasteiger partial charge in [0.05, 0.1) is 12.0 Å². The summed E-state index contributed by atoms with van der Waals surface area (Å²) in [6.07, 6.45) is 11.0. The van der Waals surface area contributed by atoms with E-state index in [0.29, 0.717) is 5.41 Å². The molecule has 5 rings (SSSR count). The summed E-state index contributed by atoms with van der Waals surface area (Å²) in [7, 11) is 0. The lowest BCUT2D eigenvalue weighted by Crippen LogP contribution is -2.49. The third-order valence-corrected chi connectivity index (χ3v) is 6.12. The molecule has 2 heteroatoms. The van der Waals surface area contributed by atoms with E-state index in [9.17, 15) is 5.26 Å². The molecule has 0 radical (unpaired) electrons. The van der Waals surface area contributed by atoms with Crippen LogP contribution in [0.5, 0.6) is 0 Å². The van der Waals surface area contributed by atoms with E-state index in [1.807, 2.05) is 18.3 Å². The van der Waals surface area contributed by atoms with E-state index < -0.39 is 0 Å². The molecule has 1 aromatic heterocycles. The van der Waals surface area contributed by atoms with E-state index in [0.717, 1.165) is 29.9 Å². The van der Waals surface area contributed by atoms with Crippen LogP contribution in [0.2, 0.25) is 0 Å². The van der Waals surface area contributed by atoms with Crippen LogP contribution in [-0.2, 0) is 6.42 Å². The monoisotopic (exact) mass is 266 g/mol. The Balaban J connectivity index is 1.60. The van der Waals surface area contributed by atoms with Crippen molar-refractivity contribution in [3.8, 4) is 6.07 Å². The summed E-state index contributed by atoms with van der Waals surface area (Å²) in [4.78, 5) is 4.44. The van der Waals surface area contributed by atoms with E-state index in [-0.39, 0.29) is 5.92 Å². The molecule has 4 aliphatic rings. The Morgan fingerprint density at radius 3 is 2.30 bits per heavy atom. The van der Waals surface area contributed by atoms with Gasteiger partial charge in [-0.1, -0.05) is 6.07 Å². The lowest BCUT2D eigenvalue weighted by Gasteiger charge is -2.58. The first kappa shape index (κ1) is 12.4. The molecule has 0 aliphatic heterocycles. The fraction of sp³-hybridized carbons (Fsp3) is 0.667. The fourth-order valence-corrected chi connectivity index (χ4v) is 5.73. The Morgan fingerprint density at radius 1 is 1.15 bits per heavy atom. The largest absolute Gasteiger partial charge is 0.261 e. The number of aromatic nitrogens is 1. The van der Waals surface area contributed by atoms with E-state index in [1.54, 1.807) is 0 Å². The predicted octanol–water partition coefficient (Wildman–Crippen LogP) is 3.98. The maximum absolute atomic E-state index is 9.77. The van der Waals surface area contributed by atoms with Crippen LogP contribution in [0.25, 0.3) is 0 Å². The van der Waals surface area contributed by atoms with Crippen molar-refractivity contribution in [2.45, 2.75) is 44.9 Å². The van der Waals surface area contributed by atoms with Crippen molar-refractivity contribution >= 4 is 0 Å². The minimum atomic E-state index is 0.172. The van der Waals surface area contributed by atoms with Gasteiger partial charge in [-0.05, 0) is 73.8 Å². The first-order chi connectivity index (χ1) is 9.77. The summed E-state index contributed by atoms with van der Waals surface area (Å²) in [5, 5.41) is 9.77. The highest BCUT2D eigenvalue weighted by molar-refractivity contribution is 5.13. The zero-order valence-electron chi connectivity index (χ0n) is 12.0. The van der Waals surface area contributed by atoms with Crippen molar-refractivity contribution in [3.05, 3.63) is 30.1 Å². The molecule has 0 N–H and O–H groups in total. The highest BCUT2D eigenvalue weighted by atomic mass is 14.7. The number of nitrogens with zero attached hydrogens (tertiary/aromatic N) is 2. The minimum Gasteiger partial charge on any atom is -0.261 e. The highest BCUT2D eigenvalue weighted by Crippen LogP contribution is 2.62. The zero-order chi connectivity index (χ0) is 13.6. The Bertz CT molecular complexity index is 493. The van der Waals surface area contributed by atoms with Crippen LogP contribution in [0.1, 0.15) is 44.2 Å². The van der Waals surface area contributed by atoms with E-state index in [1.165, 1.54) is 38.5 Å². The van der Waals surface area contributed by atoms with Gasteiger partial charge in [-0.15, -0.1) is 0 Å². The molecule has 0 spiro atoms. The van der Waals surface area contributed by atoms with Crippen molar-refractivity contribution in [2.24, 2.45) is 29.1 Å². The summed E-state index contributed by atoms with van der Waals surface area (Å²) in [5.41, 5.74) is 1.41. The van der Waals surface area contributed by atoms with E-state index in [2.05, 4.69) is 17.1 Å². The molecule has 20 heavy (non-hydrogen) atoms. The lowest BCUT2D eigenvalue weighted by atomic mass is 9.46. The summed E-state index contributed by atoms with van der Waals surface area (Å²) < 4.78 is 0. The smallest absolute Gasteiger partial charge is 0.0665 e. The summed E-state index contributed by atoms with van der Waals surface area (Å²) >= 11 is 0. The van der Waals surface area contributed by atoms with Crippen LogP contribution in [-0.4, -0.2) is 4.98 Å². The van der Waals surface area contributed by atoms with Gasteiger partial charge in [0.2, 0.25) is 0 Å². The molecular weight excluding hydrogens is 244 g/mol. The number of hydrogen-bond acceptors (Lipinski definition) is 2. The summed E-state index contributed by atoms with van der Waals surface area (Å²) in [5.74, 6) is 2.92. The third-order valence-electron chi connectivity index (χ3n) is 6.12. The average Bonchev–Trinajstić information content (AvgIpc) is 2.44. The van der Waals surface area contributed by atoms with Gasteiger partial charge in [0.1, 0.15) is 0 Å². The van der Waals surface area contributed by atoms with Gasteiger partial charge in [-0.2, -0.15) is 5.26 Å². The van der Waals surface area contributed by atoms with Gasteiger partial charge in [0.25, 0.3) is 0 Å². The van der Waals surface area contributed by atoms with Gasteiger partial charge in [-0.25, -0.2) is 0 Å². The number of nitriles is 1. The van der Waals surface area contributed by atoms with Crippen molar-refractivity contribution in [1.29, 1.82) is 5.26 Å². The standard InChI is InChI=1S/C18H22N2/c19-12-16(8-17-3-1-2-4-20-17)18-9-13-5-14(10-18)7-15(6-13)11-18/h1-4,13-16H,5-11H2. The highest BCUT2D eigenvalue weighted by Gasteiger charge is 2.54. The van der Waals surface area contributed by atoms with Gasteiger partial charge in [0, 0.05) is 18.3 Å². The molecule has 4 saturated carbocycles. The number of hydrogen-bond donors (Lipinski definition) is 0. The van der Waals surface area contributed by atoms with Crippen LogP contribution in [0.4, 0.5) is 0 Å². The van der Waals surface area contributed by atoms with Crippen molar-refractivity contribution in [3.63, 3.8) is 0 Å². The van der Waals surface area contributed by atoms with Gasteiger partial charge >= 0.3 is 0 Å². The van der Waals surface area contributed by atoms with Gasteiger partial charge in [0.15, 0.2) is 0 Å². The molecule has 1 unspecified atom stereocenters. The molecule has 104 valence electrons. The van der Waals surface area contributed by atoms with Crippen LogP contribution in [0.15, 0.2) is 24.4 Å². The molecule has 1 heterocycles. The Morgan fingerprint density at radius 2 is 1.80 bits per heavy atom. The van der Waals surface area contributed by atoms with Crippen LogP contribution in [0, 0.1) is 40.4 Å². The fourth-order valence-electron chi connectivity index (χ4n) is 5.73. The Kier molecular flexibility index (Phi) is 2.84. The quantitative estimate of drug-likeness (QED) is 0.829. The predicted molar refractivity (Wildman–Crippen MR) is 77.6 cm³/mol. The van der Waals surface area contributed by atoms with Crippen LogP contribution >= 0.6 is 0 Å². The average molecular weight is 266 g/mol. The minimum absolute atomic E-state index is 0.172. The SMILES string of the molecule is N#CC(Cc1ccccn1)C12CC3CC(CC(C3)C1)C2. The molecule has 0 aromatic carbocycles. The van der Waals surface area contributed by atoms with Crippen LogP contribution < -0.4 is 0 Å². The maximum Gasteiger partial charge on any atom is 0.0665 e. The topological polar surface area (TPSA) is 36.7 Å². The Hall–Kier alpha value is -1.36. The molecule has 2 nitrogen and oxygen atoms in total. The van der Waals surface area contributed by atoms with Crippen molar-refractivity contribution in [2.75, 3.05) is 0 Å². The lowest BCUT2D eigenvalue weighted by molar-refractivity contribution is -0.0747. The number of pyridine rings is 1. The molecule has 0 saturated heterocycles. The van der Waals surface area contributed by atoms with Crippen LogP contribution in [0.3, 0.4) is 0 Å². The van der Waals surface area contributed by atoms with Gasteiger partial charge in [-0.3, -0.25) is 4.98 Å². The molecule has 4 fully saturated rings. The molecular formula is C18H22N2. The third kappa shape index (κ3) is 1.95. The first-order valence-corrected chi connectivity index (χ1v) is 8.07. The summed E-state index contributed by atoms with van der Waals surface area (Å²) in [6, 6.07) is 8.73. The number of rotatable bonds is 3. The van der Waals surface area contributed by atoms with E-state index in [4.69, 9.17) is 0 Å². The summed E-state index contributed by atoms with van der Waals surface area (Å²) in [6.45, 7) is 0. The second kappa shape index (κ2) is 4.58. The maximum atomic E-state index is 9.77. The zero-order valence-corrected chi connectivity index (χ0v) is 12.0. The molecule has 1 atom stereocenters. The normalized spacial score (nSPS) is 39.5. The second-order valence-electron chi connectivity index (χ2n) is 7.49. The molecule has 4 aliphatic carbocycles. The van der Waals surface area contributed by atoms with Crippen molar-refractivity contribution in [1.82, 2.24) is 4.98 Å². The Labute approximate surface area is 121 Å². The molecule has 0 amide bonds. The first-order valence-electron chi connectivity index (χ1n) is 8.07. The molecule has 1 aromatic rings. The molecule has 4 bridgehead atoms.